The quantitative estimate of drug-likeness (QED) is 0.738. The number of hydrogen-bond donors (Lipinski definition) is 1. The van der Waals surface area contributed by atoms with Gasteiger partial charge in [-0.1, -0.05) is 0 Å². The fourth-order valence-electron chi connectivity index (χ4n) is 0.817. The molecule has 4 nitrogen and oxygen atoms in total. The molecule has 0 atom stereocenters. The number of benzene rings is 1. The molecule has 0 unspecified atom stereocenters. The molecular weight excluding hydrogens is 189 g/mol. The maximum Gasteiger partial charge on any atom is 0.413 e. The molecule has 0 aliphatic carbocycles. The maximum absolute atomic E-state index is 12.5. The lowest BCUT2D eigenvalue weighted by Gasteiger charge is -2.01. The van der Waals surface area contributed by atoms with Gasteiger partial charge in [0.15, 0.2) is 0 Å². The molecule has 0 aromatic heterocycles. The monoisotopic (exact) mass is 197 g/mol. The maximum atomic E-state index is 12.5. The highest BCUT2D eigenvalue weighted by Crippen LogP contribution is 2.02. The number of methoxy groups -OCH3 is 1. The second-order valence-corrected chi connectivity index (χ2v) is 2.45. The van der Waals surface area contributed by atoms with Crippen LogP contribution in [-0.4, -0.2) is 19.1 Å². The van der Waals surface area contributed by atoms with Gasteiger partial charge in [0.05, 0.1) is 7.11 Å². The Bertz CT molecular complexity index is 348. The number of carbonyl (C=O) groups is 2. The van der Waals surface area contributed by atoms with Gasteiger partial charge in [0.1, 0.15) is 5.82 Å². The first-order chi connectivity index (χ1) is 6.63. The Morgan fingerprint density at radius 1 is 1.29 bits per heavy atom. The number of hydrogen-bond acceptors (Lipinski definition) is 3. The van der Waals surface area contributed by atoms with Crippen molar-refractivity contribution < 1.29 is 18.7 Å². The van der Waals surface area contributed by atoms with Gasteiger partial charge < -0.3 is 4.74 Å². The summed E-state index contributed by atoms with van der Waals surface area (Å²) in [6, 6.07) is 4.81. The van der Waals surface area contributed by atoms with Gasteiger partial charge in [-0.3, -0.25) is 10.1 Å². The molecule has 74 valence electrons. The number of alkyl carbamates (subject to hydrolysis) is 1. The lowest BCUT2D eigenvalue weighted by molar-refractivity contribution is 0.0937. The number of halogens is 1. The van der Waals surface area contributed by atoms with Crippen molar-refractivity contribution >= 4 is 12.0 Å². The fraction of sp³-hybridized carbons (Fsp3) is 0.111. The number of rotatable bonds is 1. The van der Waals surface area contributed by atoms with Crippen LogP contribution in [0.3, 0.4) is 0 Å². The van der Waals surface area contributed by atoms with Crippen LogP contribution in [0.25, 0.3) is 0 Å². The Labute approximate surface area is 79.7 Å². The first-order valence-electron chi connectivity index (χ1n) is 3.78. The van der Waals surface area contributed by atoms with Crippen molar-refractivity contribution in [2.75, 3.05) is 7.11 Å². The highest BCUT2D eigenvalue weighted by molar-refractivity contribution is 6.02. The summed E-state index contributed by atoms with van der Waals surface area (Å²) in [4.78, 5) is 21.8. The van der Waals surface area contributed by atoms with E-state index in [0.29, 0.717) is 0 Å². The van der Waals surface area contributed by atoms with E-state index < -0.39 is 17.8 Å². The Kier molecular flexibility index (Phi) is 3.17. The zero-order valence-electron chi connectivity index (χ0n) is 7.41. The largest absolute Gasteiger partial charge is 0.453 e. The van der Waals surface area contributed by atoms with Crippen molar-refractivity contribution in [2.24, 2.45) is 0 Å². The van der Waals surface area contributed by atoms with Gasteiger partial charge in [-0.25, -0.2) is 9.18 Å². The van der Waals surface area contributed by atoms with Crippen LogP contribution in [0.2, 0.25) is 0 Å². The van der Waals surface area contributed by atoms with E-state index in [1.807, 2.05) is 5.32 Å². The smallest absolute Gasteiger partial charge is 0.413 e. The molecule has 0 bridgehead atoms. The van der Waals surface area contributed by atoms with Gasteiger partial charge in [-0.15, -0.1) is 0 Å². The van der Waals surface area contributed by atoms with E-state index in [1.54, 1.807) is 0 Å². The first-order valence-corrected chi connectivity index (χ1v) is 3.78. The molecule has 0 saturated heterocycles. The molecule has 1 rings (SSSR count). The van der Waals surface area contributed by atoms with E-state index in [9.17, 15) is 14.0 Å². The average Bonchev–Trinajstić information content (AvgIpc) is 2.18. The Morgan fingerprint density at radius 3 is 2.36 bits per heavy atom. The molecule has 0 aliphatic heterocycles. The van der Waals surface area contributed by atoms with Crippen molar-refractivity contribution in [3.05, 3.63) is 35.6 Å². The predicted molar refractivity (Wildman–Crippen MR) is 46.3 cm³/mol. The topological polar surface area (TPSA) is 55.4 Å². The van der Waals surface area contributed by atoms with Gasteiger partial charge in [-0.05, 0) is 24.3 Å². The second-order valence-electron chi connectivity index (χ2n) is 2.45. The lowest BCUT2D eigenvalue weighted by atomic mass is 10.2. The number of ether oxygens (including phenoxy) is 1. The lowest BCUT2D eigenvalue weighted by Crippen LogP contribution is -2.30. The molecule has 0 fully saturated rings. The van der Waals surface area contributed by atoms with Gasteiger partial charge in [0.25, 0.3) is 5.91 Å². The minimum Gasteiger partial charge on any atom is -0.453 e. The summed E-state index contributed by atoms with van der Waals surface area (Å²) in [5.41, 5.74) is 0.191. The van der Waals surface area contributed by atoms with Crippen LogP contribution in [0.4, 0.5) is 9.18 Å². The number of amides is 2. The van der Waals surface area contributed by atoms with E-state index in [0.717, 1.165) is 19.2 Å². The molecule has 14 heavy (non-hydrogen) atoms. The molecule has 0 spiro atoms. The van der Waals surface area contributed by atoms with E-state index in [4.69, 9.17) is 0 Å². The van der Waals surface area contributed by atoms with Crippen LogP contribution in [0, 0.1) is 5.82 Å². The van der Waals surface area contributed by atoms with Crippen molar-refractivity contribution in [1.82, 2.24) is 5.32 Å². The van der Waals surface area contributed by atoms with E-state index in [1.165, 1.54) is 12.1 Å². The van der Waals surface area contributed by atoms with Crippen LogP contribution in [0.1, 0.15) is 10.4 Å². The fourth-order valence-corrected chi connectivity index (χ4v) is 0.817. The SMILES string of the molecule is COC(=O)NC(=O)c1ccc(F)cc1. The summed E-state index contributed by atoms with van der Waals surface area (Å²) in [6.07, 6.45) is -0.848. The summed E-state index contributed by atoms with van der Waals surface area (Å²) >= 11 is 0. The van der Waals surface area contributed by atoms with Crippen molar-refractivity contribution in [3.8, 4) is 0 Å². The standard InChI is InChI=1S/C9H8FNO3/c1-14-9(13)11-8(12)6-2-4-7(10)5-3-6/h2-5H,1H3,(H,11,12,13). The molecule has 0 aliphatic rings. The van der Waals surface area contributed by atoms with Gasteiger partial charge in [0, 0.05) is 5.56 Å². The third-order valence-corrected chi connectivity index (χ3v) is 1.51. The number of nitrogens with one attached hydrogen (secondary N) is 1. The molecule has 1 aromatic rings. The van der Waals surface area contributed by atoms with Crippen LogP contribution < -0.4 is 5.32 Å². The molecule has 0 radical (unpaired) electrons. The Hall–Kier alpha value is -1.91. The predicted octanol–water partition coefficient (Wildman–Crippen LogP) is 1.32. The zero-order valence-corrected chi connectivity index (χ0v) is 7.41. The molecule has 0 saturated carbocycles. The second kappa shape index (κ2) is 4.36. The normalized spacial score (nSPS) is 9.29. The molecular formula is C9H8FNO3. The molecule has 1 N–H and O–H groups in total. The summed E-state index contributed by atoms with van der Waals surface area (Å²) in [5.74, 6) is -1.07. The Morgan fingerprint density at radius 2 is 1.86 bits per heavy atom. The van der Waals surface area contributed by atoms with Gasteiger partial charge >= 0.3 is 6.09 Å². The highest BCUT2D eigenvalue weighted by atomic mass is 19.1. The van der Waals surface area contributed by atoms with Crippen molar-refractivity contribution in [3.63, 3.8) is 0 Å². The van der Waals surface area contributed by atoms with Crippen LogP contribution in [0.15, 0.2) is 24.3 Å². The minimum absolute atomic E-state index is 0.191. The van der Waals surface area contributed by atoms with E-state index >= 15 is 0 Å². The van der Waals surface area contributed by atoms with E-state index in [2.05, 4.69) is 4.74 Å². The summed E-state index contributed by atoms with van der Waals surface area (Å²) in [7, 11) is 1.15. The average molecular weight is 197 g/mol. The van der Waals surface area contributed by atoms with Gasteiger partial charge in [-0.2, -0.15) is 0 Å². The third-order valence-electron chi connectivity index (χ3n) is 1.51. The number of carbonyl (C=O) groups excluding carboxylic acids is 2. The first kappa shape index (κ1) is 10.2. The van der Waals surface area contributed by atoms with Crippen molar-refractivity contribution in [1.29, 1.82) is 0 Å². The minimum atomic E-state index is -0.848. The summed E-state index contributed by atoms with van der Waals surface area (Å²) < 4.78 is 16.7. The zero-order chi connectivity index (χ0) is 10.6. The summed E-state index contributed by atoms with van der Waals surface area (Å²) in [6.45, 7) is 0. The van der Waals surface area contributed by atoms with Crippen LogP contribution in [-0.2, 0) is 4.74 Å². The number of imide groups is 1. The molecule has 5 heteroatoms. The van der Waals surface area contributed by atoms with Crippen LogP contribution >= 0.6 is 0 Å². The highest BCUT2D eigenvalue weighted by Gasteiger charge is 2.09. The molecule has 1 aromatic carbocycles. The third kappa shape index (κ3) is 2.55. The van der Waals surface area contributed by atoms with Gasteiger partial charge in [0.2, 0.25) is 0 Å². The molecule has 2 amide bonds. The van der Waals surface area contributed by atoms with Crippen molar-refractivity contribution in [2.45, 2.75) is 0 Å². The summed E-state index contributed by atoms with van der Waals surface area (Å²) in [5, 5.41) is 1.94. The van der Waals surface area contributed by atoms with E-state index in [-0.39, 0.29) is 5.56 Å². The van der Waals surface area contributed by atoms with Crippen LogP contribution in [0.5, 0.6) is 0 Å². The Balaban J connectivity index is 2.70. The molecule has 0 heterocycles.